The average molecular weight is 413 g/mol. The summed E-state index contributed by atoms with van der Waals surface area (Å²) in [6.07, 6.45) is 0. The van der Waals surface area contributed by atoms with Gasteiger partial charge in [-0.25, -0.2) is 8.78 Å². The summed E-state index contributed by atoms with van der Waals surface area (Å²) in [5.41, 5.74) is 0.783. The number of carbonyl (C=O) groups is 1. The smallest absolute Gasteiger partial charge is 0.251 e. The Morgan fingerprint density at radius 3 is 2.67 bits per heavy atom. The third kappa shape index (κ3) is 4.87. The van der Waals surface area contributed by atoms with Crippen LogP contribution >= 0.6 is 23.2 Å². The zero-order valence-corrected chi connectivity index (χ0v) is 15.6. The van der Waals surface area contributed by atoms with E-state index in [0.717, 1.165) is 11.6 Å². The number of hydrogen-bond donors (Lipinski definition) is 3. The van der Waals surface area contributed by atoms with E-state index in [1.165, 1.54) is 6.07 Å². The Kier molecular flexibility index (Phi) is 6.13. The fourth-order valence-corrected chi connectivity index (χ4v) is 2.86. The zero-order chi connectivity index (χ0) is 19.4. The van der Waals surface area contributed by atoms with E-state index >= 15 is 0 Å². The molecule has 0 atom stereocenters. The lowest BCUT2D eigenvalue weighted by Gasteiger charge is -2.11. The van der Waals surface area contributed by atoms with E-state index in [1.54, 1.807) is 18.2 Å². The normalized spacial score (nSPS) is 13.1. The minimum atomic E-state index is -1.09. The lowest BCUT2D eigenvalue weighted by molar-refractivity contribution is 0.0950. The molecule has 0 aliphatic carbocycles. The van der Waals surface area contributed by atoms with Crippen molar-refractivity contribution < 1.29 is 13.6 Å². The maximum absolute atomic E-state index is 14.0. The molecule has 1 aliphatic heterocycles. The second-order valence-corrected chi connectivity index (χ2v) is 6.69. The number of hydrogen-bond acceptors (Lipinski definition) is 4. The van der Waals surface area contributed by atoms with Crippen LogP contribution in [0.4, 0.5) is 8.78 Å². The van der Waals surface area contributed by atoms with Crippen molar-refractivity contribution >= 4 is 35.1 Å². The van der Waals surface area contributed by atoms with Crippen molar-refractivity contribution in [1.29, 1.82) is 0 Å². The molecule has 3 N–H and O–H groups in total. The topological polar surface area (TPSA) is 65.5 Å². The fraction of sp³-hybridized carbons (Fsp3) is 0.222. The van der Waals surface area contributed by atoms with E-state index in [1.807, 2.05) is 0 Å². The van der Waals surface area contributed by atoms with Crippen LogP contribution in [0.3, 0.4) is 0 Å². The Labute approximate surface area is 164 Å². The first-order valence-corrected chi connectivity index (χ1v) is 8.92. The van der Waals surface area contributed by atoms with Crippen molar-refractivity contribution in [2.75, 3.05) is 13.1 Å². The molecule has 142 valence electrons. The molecule has 0 fully saturated rings. The molecule has 2 aromatic carbocycles. The number of guanidine groups is 1. The van der Waals surface area contributed by atoms with Crippen LogP contribution in [0.15, 0.2) is 35.3 Å². The summed E-state index contributed by atoms with van der Waals surface area (Å²) in [5.74, 6) is -2.10. The maximum Gasteiger partial charge on any atom is 0.251 e. The number of rotatable bonds is 5. The van der Waals surface area contributed by atoms with Crippen LogP contribution in [0.25, 0.3) is 0 Å². The molecule has 2 aromatic rings. The van der Waals surface area contributed by atoms with Gasteiger partial charge >= 0.3 is 0 Å². The van der Waals surface area contributed by atoms with Gasteiger partial charge in [-0.1, -0.05) is 29.3 Å². The molecule has 0 aromatic heterocycles. The van der Waals surface area contributed by atoms with Crippen LogP contribution in [-0.2, 0) is 13.1 Å². The molecule has 27 heavy (non-hydrogen) atoms. The lowest BCUT2D eigenvalue weighted by atomic mass is 10.1. The van der Waals surface area contributed by atoms with Crippen LogP contribution in [0, 0.1) is 11.6 Å². The Morgan fingerprint density at radius 2 is 1.96 bits per heavy atom. The second-order valence-electron chi connectivity index (χ2n) is 5.87. The molecular weight excluding hydrogens is 397 g/mol. The van der Waals surface area contributed by atoms with Gasteiger partial charge in [-0.15, -0.1) is 0 Å². The fourth-order valence-electron chi connectivity index (χ4n) is 2.53. The molecule has 0 saturated heterocycles. The highest BCUT2D eigenvalue weighted by atomic mass is 35.5. The second kappa shape index (κ2) is 8.54. The molecule has 0 radical (unpaired) electrons. The Hall–Kier alpha value is -2.38. The molecule has 5 nitrogen and oxygen atoms in total. The van der Waals surface area contributed by atoms with Gasteiger partial charge in [0, 0.05) is 30.8 Å². The number of halogens is 4. The zero-order valence-electron chi connectivity index (χ0n) is 14.1. The summed E-state index contributed by atoms with van der Waals surface area (Å²) in [7, 11) is 0. The summed E-state index contributed by atoms with van der Waals surface area (Å²) in [6, 6.07) is 7.14. The molecule has 0 unspecified atom stereocenters. The van der Waals surface area contributed by atoms with Crippen LogP contribution in [0.5, 0.6) is 0 Å². The van der Waals surface area contributed by atoms with Gasteiger partial charge in [-0.05, 0) is 29.8 Å². The minimum absolute atomic E-state index is 0.00248. The van der Waals surface area contributed by atoms with Crippen LogP contribution in [-0.4, -0.2) is 25.0 Å². The van der Waals surface area contributed by atoms with E-state index in [9.17, 15) is 13.6 Å². The molecule has 9 heteroatoms. The number of amides is 1. The first-order chi connectivity index (χ1) is 12.9. The van der Waals surface area contributed by atoms with E-state index in [-0.39, 0.29) is 24.2 Å². The number of carbonyl (C=O) groups excluding carboxylic acids is 1. The summed E-state index contributed by atoms with van der Waals surface area (Å²) in [4.78, 5) is 16.4. The molecule has 1 heterocycles. The van der Waals surface area contributed by atoms with Gasteiger partial charge in [0.25, 0.3) is 5.91 Å². The van der Waals surface area contributed by atoms with E-state index in [2.05, 4.69) is 20.9 Å². The van der Waals surface area contributed by atoms with E-state index in [0.29, 0.717) is 29.1 Å². The van der Waals surface area contributed by atoms with E-state index < -0.39 is 17.5 Å². The summed E-state index contributed by atoms with van der Waals surface area (Å²) >= 11 is 11.8. The molecule has 0 saturated carbocycles. The number of nitrogens with zero attached hydrogens (tertiary/aromatic N) is 1. The van der Waals surface area contributed by atoms with Crippen molar-refractivity contribution in [3.05, 3.63) is 68.7 Å². The van der Waals surface area contributed by atoms with Gasteiger partial charge in [0.05, 0.1) is 16.6 Å². The van der Waals surface area contributed by atoms with Gasteiger partial charge < -0.3 is 16.0 Å². The first kappa shape index (κ1) is 19.4. The van der Waals surface area contributed by atoms with Crippen molar-refractivity contribution in [1.82, 2.24) is 16.0 Å². The quantitative estimate of drug-likeness (QED) is 0.705. The highest BCUT2D eigenvalue weighted by molar-refractivity contribution is 6.42. The van der Waals surface area contributed by atoms with E-state index in [4.69, 9.17) is 23.2 Å². The number of benzene rings is 2. The lowest BCUT2D eigenvalue weighted by Crippen LogP contribution is -2.33. The number of aliphatic imine (C=N–C) groups is 1. The Balaban J connectivity index is 1.68. The summed E-state index contributed by atoms with van der Waals surface area (Å²) in [5, 5.41) is 9.27. The number of nitrogens with one attached hydrogen (secondary N) is 3. The highest BCUT2D eigenvalue weighted by Crippen LogP contribution is 2.22. The third-order valence-electron chi connectivity index (χ3n) is 3.92. The standard InChI is InChI=1S/C18H16Cl2F2N4O/c19-13-2-1-10(5-14(13)20)8-25-17(27)11-6-12(16(22)15(21)7-11)9-26-18-23-3-4-24-18/h1-2,5-7H,3-4,8-9H2,(H,25,27)(H2,23,24,26). The third-order valence-corrected chi connectivity index (χ3v) is 4.66. The maximum atomic E-state index is 14.0. The van der Waals surface area contributed by atoms with Crippen molar-refractivity contribution in [3.8, 4) is 0 Å². The van der Waals surface area contributed by atoms with Crippen molar-refractivity contribution in [2.24, 2.45) is 4.99 Å². The minimum Gasteiger partial charge on any atom is -0.355 e. The van der Waals surface area contributed by atoms with Gasteiger partial charge in [0.1, 0.15) is 0 Å². The predicted octanol–water partition coefficient (Wildman–Crippen LogP) is 3.25. The van der Waals surface area contributed by atoms with Crippen molar-refractivity contribution in [3.63, 3.8) is 0 Å². The predicted molar refractivity (Wildman–Crippen MR) is 101 cm³/mol. The average Bonchev–Trinajstić information content (AvgIpc) is 3.17. The SMILES string of the molecule is O=C(NCc1ccc(Cl)c(Cl)c1)c1cc(F)c(F)c(CNC2=NCCN2)c1. The van der Waals surface area contributed by atoms with Crippen LogP contribution in [0.2, 0.25) is 10.0 Å². The molecule has 3 rings (SSSR count). The van der Waals surface area contributed by atoms with Crippen LogP contribution in [0.1, 0.15) is 21.5 Å². The van der Waals surface area contributed by atoms with Crippen molar-refractivity contribution in [2.45, 2.75) is 13.1 Å². The summed E-state index contributed by atoms with van der Waals surface area (Å²) in [6.45, 7) is 1.48. The van der Waals surface area contributed by atoms with Crippen LogP contribution < -0.4 is 16.0 Å². The van der Waals surface area contributed by atoms with Gasteiger partial charge in [-0.3, -0.25) is 9.79 Å². The molecule has 1 aliphatic rings. The van der Waals surface area contributed by atoms with Gasteiger partial charge in [-0.2, -0.15) is 0 Å². The molecule has 0 spiro atoms. The first-order valence-electron chi connectivity index (χ1n) is 8.16. The van der Waals surface area contributed by atoms with Gasteiger partial charge in [0.2, 0.25) is 0 Å². The summed E-state index contributed by atoms with van der Waals surface area (Å²) < 4.78 is 27.9. The Bertz CT molecular complexity index is 905. The monoisotopic (exact) mass is 412 g/mol. The molecule has 0 bridgehead atoms. The molecule has 1 amide bonds. The largest absolute Gasteiger partial charge is 0.355 e. The highest BCUT2D eigenvalue weighted by Gasteiger charge is 2.16. The molecular formula is C18H16Cl2F2N4O. The van der Waals surface area contributed by atoms with Gasteiger partial charge in [0.15, 0.2) is 17.6 Å². The Morgan fingerprint density at radius 1 is 1.15 bits per heavy atom.